The Labute approximate surface area is 148 Å². The minimum atomic E-state index is 0.212. The maximum atomic E-state index is 12.4. The fraction of sp³-hybridized carbons (Fsp3) is 0.778. The van der Waals surface area contributed by atoms with E-state index < -0.39 is 0 Å². The van der Waals surface area contributed by atoms with Gasteiger partial charge in [-0.1, -0.05) is 0 Å². The van der Waals surface area contributed by atoms with Gasteiger partial charge in [0.2, 0.25) is 5.91 Å². The van der Waals surface area contributed by atoms with E-state index in [1.165, 1.54) is 18.5 Å². The first-order valence-corrected chi connectivity index (χ1v) is 10.1. The maximum Gasteiger partial charge on any atom is 0.222 e. The van der Waals surface area contributed by atoms with Gasteiger partial charge in [-0.2, -0.15) is 0 Å². The van der Waals surface area contributed by atoms with Crippen LogP contribution in [0.5, 0.6) is 0 Å². The number of hydrogen-bond acceptors (Lipinski definition) is 5. The predicted molar refractivity (Wildman–Crippen MR) is 93.9 cm³/mol. The third-order valence-corrected chi connectivity index (χ3v) is 6.32. The van der Waals surface area contributed by atoms with Crippen molar-refractivity contribution in [3.05, 3.63) is 16.1 Å². The van der Waals surface area contributed by atoms with E-state index in [9.17, 15) is 4.79 Å². The zero-order valence-corrected chi connectivity index (χ0v) is 15.3. The first-order chi connectivity index (χ1) is 11.7. The number of nitrogens with zero attached hydrogens (tertiary/aromatic N) is 3. The zero-order chi connectivity index (χ0) is 16.5. The van der Waals surface area contributed by atoms with Crippen LogP contribution in [0.15, 0.2) is 5.38 Å². The normalized spacial score (nSPS) is 28.5. The van der Waals surface area contributed by atoms with Crippen LogP contribution in [0, 0.1) is 18.8 Å². The molecule has 2 saturated heterocycles. The van der Waals surface area contributed by atoms with Crippen molar-refractivity contribution >= 4 is 17.2 Å². The van der Waals surface area contributed by atoms with Gasteiger partial charge in [-0.15, -0.1) is 11.3 Å². The lowest BCUT2D eigenvalue weighted by molar-refractivity contribution is -0.137. The predicted octanol–water partition coefficient (Wildman–Crippen LogP) is 2.30. The highest BCUT2D eigenvalue weighted by Gasteiger charge is 2.36. The number of aryl methyl sites for hydroxylation is 1. The van der Waals surface area contributed by atoms with Crippen LogP contribution in [0.4, 0.5) is 0 Å². The number of carbonyl (C=O) groups is 1. The summed E-state index contributed by atoms with van der Waals surface area (Å²) in [6.45, 7) is 7.45. The third kappa shape index (κ3) is 3.98. The van der Waals surface area contributed by atoms with E-state index in [2.05, 4.69) is 27.1 Å². The molecule has 1 amide bonds. The summed E-state index contributed by atoms with van der Waals surface area (Å²) in [5.41, 5.74) is 1.17. The number of thiazole rings is 1. The number of carbonyl (C=O) groups excluding carboxylic acids is 1. The van der Waals surface area contributed by atoms with E-state index in [0.717, 1.165) is 57.2 Å². The molecule has 3 heterocycles. The number of likely N-dealkylation sites (tertiary alicyclic amines) is 1. The molecule has 0 aromatic carbocycles. The minimum absolute atomic E-state index is 0.212. The summed E-state index contributed by atoms with van der Waals surface area (Å²) in [4.78, 5) is 21.5. The molecule has 0 spiro atoms. The lowest BCUT2D eigenvalue weighted by atomic mass is 9.93. The SMILES string of the molecule is Cc1nc(CN2CCO[C@H]3CN(C(=O)CC4CC4)CC[C@H]3C2)cs1. The molecule has 0 N–H and O–H groups in total. The Morgan fingerprint density at radius 2 is 2.21 bits per heavy atom. The number of aromatic nitrogens is 1. The van der Waals surface area contributed by atoms with Crippen LogP contribution >= 0.6 is 11.3 Å². The van der Waals surface area contributed by atoms with Crippen molar-refractivity contribution in [2.75, 3.05) is 32.8 Å². The molecule has 1 aromatic rings. The molecule has 4 rings (SSSR count). The van der Waals surface area contributed by atoms with Crippen LogP contribution in [0.25, 0.3) is 0 Å². The van der Waals surface area contributed by atoms with Crippen molar-refractivity contribution in [2.45, 2.75) is 45.3 Å². The molecule has 5 nitrogen and oxygen atoms in total. The van der Waals surface area contributed by atoms with E-state index in [1.54, 1.807) is 11.3 Å². The van der Waals surface area contributed by atoms with Gasteiger partial charge >= 0.3 is 0 Å². The summed E-state index contributed by atoms with van der Waals surface area (Å²) in [5, 5.41) is 3.30. The number of rotatable bonds is 4. The fourth-order valence-electron chi connectivity index (χ4n) is 3.90. The first-order valence-electron chi connectivity index (χ1n) is 9.20. The Morgan fingerprint density at radius 3 is 2.96 bits per heavy atom. The van der Waals surface area contributed by atoms with Crippen LogP contribution in [-0.4, -0.2) is 59.6 Å². The van der Waals surface area contributed by atoms with Crippen molar-refractivity contribution < 1.29 is 9.53 Å². The smallest absolute Gasteiger partial charge is 0.222 e. The van der Waals surface area contributed by atoms with Gasteiger partial charge in [-0.3, -0.25) is 9.69 Å². The first kappa shape index (κ1) is 16.5. The summed E-state index contributed by atoms with van der Waals surface area (Å²) in [5.74, 6) is 1.55. The van der Waals surface area contributed by atoms with Crippen LogP contribution in [0.2, 0.25) is 0 Å². The van der Waals surface area contributed by atoms with E-state index in [1.807, 2.05) is 0 Å². The highest BCUT2D eigenvalue weighted by molar-refractivity contribution is 7.09. The molecular weight excluding hydrogens is 322 g/mol. The Morgan fingerprint density at radius 1 is 1.33 bits per heavy atom. The second kappa shape index (κ2) is 7.10. The average Bonchev–Trinajstić information content (AvgIpc) is 3.31. The fourth-order valence-corrected chi connectivity index (χ4v) is 4.50. The molecule has 0 radical (unpaired) electrons. The van der Waals surface area contributed by atoms with Crippen molar-refractivity contribution in [1.82, 2.24) is 14.8 Å². The molecule has 24 heavy (non-hydrogen) atoms. The molecule has 0 bridgehead atoms. The molecule has 1 aliphatic carbocycles. The standard InChI is InChI=1S/C18H27N3O2S/c1-13-19-16(12-24-13)10-20-6-7-23-17-11-21(5-4-15(17)9-20)18(22)8-14-2-3-14/h12,14-15,17H,2-11H2,1H3/t15-,17-/m0/s1. The minimum Gasteiger partial charge on any atom is -0.375 e. The Bertz CT molecular complexity index is 587. The topological polar surface area (TPSA) is 45.7 Å². The lowest BCUT2D eigenvalue weighted by Gasteiger charge is -2.38. The van der Waals surface area contributed by atoms with Crippen molar-refractivity contribution in [3.63, 3.8) is 0 Å². The maximum absolute atomic E-state index is 12.4. The summed E-state index contributed by atoms with van der Waals surface area (Å²) >= 11 is 1.72. The molecule has 1 aromatic heterocycles. The van der Waals surface area contributed by atoms with Gasteiger partial charge in [0, 0.05) is 50.4 Å². The van der Waals surface area contributed by atoms with E-state index in [-0.39, 0.29) is 6.10 Å². The van der Waals surface area contributed by atoms with Gasteiger partial charge in [0.15, 0.2) is 0 Å². The molecular formula is C18H27N3O2S. The largest absolute Gasteiger partial charge is 0.375 e. The Hall–Kier alpha value is -0.980. The molecule has 0 unspecified atom stereocenters. The second-order valence-corrected chi connectivity index (χ2v) is 8.60. The van der Waals surface area contributed by atoms with Crippen molar-refractivity contribution in [3.8, 4) is 0 Å². The summed E-state index contributed by atoms with van der Waals surface area (Å²) in [6.07, 6.45) is 4.52. The second-order valence-electron chi connectivity index (χ2n) is 7.54. The lowest BCUT2D eigenvalue weighted by Crippen LogP contribution is -2.49. The van der Waals surface area contributed by atoms with Crippen molar-refractivity contribution in [2.24, 2.45) is 11.8 Å². The van der Waals surface area contributed by atoms with Gasteiger partial charge < -0.3 is 9.64 Å². The van der Waals surface area contributed by atoms with Crippen LogP contribution in [0.1, 0.15) is 36.4 Å². The van der Waals surface area contributed by atoms with Gasteiger partial charge in [-0.05, 0) is 32.1 Å². The van der Waals surface area contributed by atoms with E-state index >= 15 is 0 Å². The molecule has 2 aliphatic heterocycles. The van der Waals surface area contributed by atoms with Gasteiger partial charge in [0.1, 0.15) is 0 Å². The average molecular weight is 350 g/mol. The molecule has 3 fully saturated rings. The number of piperidine rings is 1. The summed E-state index contributed by atoms with van der Waals surface area (Å²) in [6, 6.07) is 0. The number of hydrogen-bond donors (Lipinski definition) is 0. The monoisotopic (exact) mass is 349 g/mol. The number of ether oxygens (including phenoxy) is 1. The quantitative estimate of drug-likeness (QED) is 0.837. The van der Waals surface area contributed by atoms with Gasteiger partial charge in [0.25, 0.3) is 0 Å². The molecule has 6 heteroatoms. The van der Waals surface area contributed by atoms with Gasteiger partial charge in [0.05, 0.1) is 23.4 Å². The summed E-state index contributed by atoms with van der Waals surface area (Å²) < 4.78 is 6.13. The summed E-state index contributed by atoms with van der Waals surface area (Å²) in [7, 11) is 0. The Kier molecular flexibility index (Phi) is 4.88. The molecule has 3 aliphatic rings. The highest BCUT2D eigenvalue weighted by Crippen LogP contribution is 2.34. The molecule has 132 valence electrons. The molecule has 2 atom stereocenters. The van der Waals surface area contributed by atoms with Crippen molar-refractivity contribution in [1.29, 1.82) is 0 Å². The number of fused-ring (bicyclic) bond motifs is 1. The van der Waals surface area contributed by atoms with Crippen LogP contribution in [0.3, 0.4) is 0 Å². The zero-order valence-electron chi connectivity index (χ0n) is 14.4. The Balaban J connectivity index is 1.33. The van der Waals surface area contributed by atoms with Crippen LogP contribution in [-0.2, 0) is 16.1 Å². The number of amides is 1. The van der Waals surface area contributed by atoms with Gasteiger partial charge in [-0.25, -0.2) is 4.98 Å². The molecule has 1 saturated carbocycles. The highest BCUT2D eigenvalue weighted by atomic mass is 32.1. The van der Waals surface area contributed by atoms with E-state index in [0.29, 0.717) is 17.7 Å². The van der Waals surface area contributed by atoms with Crippen LogP contribution < -0.4 is 0 Å². The van der Waals surface area contributed by atoms with E-state index in [4.69, 9.17) is 4.74 Å². The third-order valence-electron chi connectivity index (χ3n) is 5.49.